The number of ether oxygens (including phenoxy) is 1. The molecule has 0 bridgehead atoms. The van der Waals surface area contributed by atoms with Crippen LogP contribution in [0.15, 0.2) is 29.4 Å². The molecule has 2 N–H and O–H groups in total. The van der Waals surface area contributed by atoms with Crippen LogP contribution in [0.4, 0.5) is 5.69 Å². The molecule has 1 aromatic carbocycles. The molecular weight excluding hydrogens is 280 g/mol. The molecule has 2 aliphatic heterocycles. The first-order valence-electron chi connectivity index (χ1n) is 7.83. The third-order valence-corrected chi connectivity index (χ3v) is 4.16. The van der Waals surface area contributed by atoms with Crippen LogP contribution in [0.1, 0.15) is 6.42 Å². The van der Waals surface area contributed by atoms with E-state index in [-0.39, 0.29) is 6.10 Å². The van der Waals surface area contributed by atoms with Gasteiger partial charge in [0.25, 0.3) is 0 Å². The molecule has 0 saturated carbocycles. The Balaban J connectivity index is 1.60. The maximum absolute atomic E-state index is 6.00. The second-order valence-corrected chi connectivity index (χ2v) is 5.86. The molecule has 0 spiro atoms. The minimum atomic E-state index is -0.0286. The van der Waals surface area contributed by atoms with Crippen molar-refractivity contribution < 1.29 is 9.57 Å². The zero-order valence-corrected chi connectivity index (χ0v) is 13.1. The number of benzene rings is 1. The van der Waals surface area contributed by atoms with Gasteiger partial charge >= 0.3 is 0 Å². The minimum Gasteiger partial charge on any atom is -0.487 e. The molecule has 1 unspecified atom stereocenters. The van der Waals surface area contributed by atoms with Gasteiger partial charge in [0.2, 0.25) is 0 Å². The lowest BCUT2D eigenvalue weighted by Gasteiger charge is -2.34. The molecule has 2 aliphatic rings. The summed E-state index contributed by atoms with van der Waals surface area (Å²) in [5, 5.41) is 3.96. The number of hydrogen-bond donors (Lipinski definition) is 1. The Kier molecular flexibility index (Phi) is 4.80. The van der Waals surface area contributed by atoms with Gasteiger partial charge in [0, 0.05) is 39.1 Å². The summed E-state index contributed by atoms with van der Waals surface area (Å²) in [5.74, 6) is 0.914. The van der Waals surface area contributed by atoms with Gasteiger partial charge in [-0.15, -0.1) is 0 Å². The molecule has 0 amide bonds. The first-order valence-corrected chi connectivity index (χ1v) is 7.83. The Morgan fingerprint density at radius 3 is 2.77 bits per heavy atom. The van der Waals surface area contributed by atoms with Crippen LogP contribution in [-0.4, -0.2) is 63.1 Å². The molecule has 22 heavy (non-hydrogen) atoms. The van der Waals surface area contributed by atoms with E-state index in [1.165, 1.54) is 0 Å². The monoisotopic (exact) mass is 304 g/mol. The van der Waals surface area contributed by atoms with E-state index in [1.807, 2.05) is 12.1 Å². The summed E-state index contributed by atoms with van der Waals surface area (Å²) in [6.07, 6.45) is 0.729. The Hall–Kier alpha value is -1.79. The summed E-state index contributed by atoms with van der Waals surface area (Å²) in [6, 6.07) is 8.21. The first-order chi connectivity index (χ1) is 10.8. The molecule has 1 aromatic rings. The van der Waals surface area contributed by atoms with Crippen molar-refractivity contribution in [1.82, 2.24) is 4.90 Å². The zero-order chi connectivity index (χ0) is 15.4. The molecule has 1 fully saturated rings. The van der Waals surface area contributed by atoms with E-state index in [4.69, 9.17) is 15.3 Å². The number of para-hydroxylation sites is 2. The third-order valence-electron chi connectivity index (χ3n) is 4.16. The van der Waals surface area contributed by atoms with Crippen molar-refractivity contribution in [2.45, 2.75) is 12.5 Å². The number of nitrogens with zero attached hydrogens (tertiary/aromatic N) is 3. The average molecular weight is 304 g/mol. The van der Waals surface area contributed by atoms with Crippen molar-refractivity contribution in [3.05, 3.63) is 24.3 Å². The van der Waals surface area contributed by atoms with Gasteiger partial charge in [0.1, 0.15) is 12.4 Å². The summed E-state index contributed by atoms with van der Waals surface area (Å²) in [5.41, 5.74) is 7.64. The van der Waals surface area contributed by atoms with Gasteiger partial charge in [-0.3, -0.25) is 0 Å². The number of oxime groups is 1. The van der Waals surface area contributed by atoms with Gasteiger partial charge < -0.3 is 25.1 Å². The van der Waals surface area contributed by atoms with E-state index in [9.17, 15) is 0 Å². The van der Waals surface area contributed by atoms with E-state index < -0.39 is 0 Å². The van der Waals surface area contributed by atoms with Crippen LogP contribution in [0.3, 0.4) is 0 Å². The summed E-state index contributed by atoms with van der Waals surface area (Å²) in [7, 11) is 2.16. The molecule has 120 valence electrons. The van der Waals surface area contributed by atoms with E-state index >= 15 is 0 Å². The Morgan fingerprint density at radius 2 is 2.05 bits per heavy atom. The van der Waals surface area contributed by atoms with Crippen molar-refractivity contribution in [2.24, 2.45) is 10.9 Å². The highest BCUT2D eigenvalue weighted by Gasteiger charge is 2.22. The van der Waals surface area contributed by atoms with Crippen molar-refractivity contribution >= 4 is 11.4 Å². The largest absolute Gasteiger partial charge is 0.487 e. The van der Waals surface area contributed by atoms with Crippen molar-refractivity contribution in [3.63, 3.8) is 0 Å². The smallest absolute Gasteiger partial charge is 0.166 e. The molecule has 6 heteroatoms. The minimum absolute atomic E-state index is 0.0286. The number of hydrogen-bond acceptors (Lipinski definition) is 6. The number of likely N-dealkylation sites (N-methyl/N-ethyl adjacent to an activating group) is 1. The van der Waals surface area contributed by atoms with Gasteiger partial charge in [-0.05, 0) is 19.2 Å². The quantitative estimate of drug-likeness (QED) is 0.876. The predicted octanol–water partition coefficient (Wildman–Crippen LogP) is 0.921. The number of anilines is 1. The molecule has 6 nitrogen and oxygen atoms in total. The van der Waals surface area contributed by atoms with Crippen LogP contribution < -0.4 is 15.4 Å². The van der Waals surface area contributed by atoms with E-state index in [0.29, 0.717) is 13.2 Å². The summed E-state index contributed by atoms with van der Waals surface area (Å²) >= 11 is 0. The molecule has 3 rings (SSSR count). The second-order valence-electron chi connectivity index (χ2n) is 5.86. The van der Waals surface area contributed by atoms with Gasteiger partial charge in [-0.25, -0.2) is 0 Å². The van der Waals surface area contributed by atoms with Crippen LogP contribution in [0.25, 0.3) is 0 Å². The van der Waals surface area contributed by atoms with Gasteiger partial charge in [0.15, 0.2) is 6.10 Å². The highest BCUT2D eigenvalue weighted by atomic mass is 16.7. The molecule has 1 saturated heterocycles. The Labute approximate surface area is 131 Å². The topological polar surface area (TPSA) is 63.3 Å². The molecule has 2 heterocycles. The van der Waals surface area contributed by atoms with Gasteiger partial charge in [-0.2, -0.15) is 0 Å². The summed E-state index contributed by atoms with van der Waals surface area (Å²) in [4.78, 5) is 10.1. The van der Waals surface area contributed by atoms with E-state index in [2.05, 4.69) is 34.1 Å². The average Bonchev–Trinajstić information content (AvgIpc) is 3.02. The van der Waals surface area contributed by atoms with Crippen LogP contribution in [-0.2, 0) is 4.84 Å². The van der Waals surface area contributed by atoms with Crippen LogP contribution in [0.5, 0.6) is 5.75 Å². The maximum atomic E-state index is 6.00. The lowest BCUT2D eigenvalue weighted by Crippen LogP contribution is -2.44. The second kappa shape index (κ2) is 6.98. The standard InChI is InChI=1S/C16H24N4O2/c1-19-6-8-20(9-7-19)15-4-2-3-5-16(15)21-12-14-10-13(11-17)18-22-14/h2-5,14H,6-12,17H2,1H3. The van der Waals surface area contributed by atoms with Crippen molar-refractivity contribution in [3.8, 4) is 5.75 Å². The third kappa shape index (κ3) is 3.51. The predicted molar refractivity (Wildman–Crippen MR) is 87.6 cm³/mol. The number of rotatable bonds is 5. The SMILES string of the molecule is CN1CCN(c2ccccc2OCC2CC(CN)=NO2)CC1. The highest BCUT2D eigenvalue weighted by Crippen LogP contribution is 2.29. The highest BCUT2D eigenvalue weighted by molar-refractivity contribution is 5.87. The van der Waals surface area contributed by atoms with Crippen LogP contribution in [0.2, 0.25) is 0 Å². The summed E-state index contributed by atoms with van der Waals surface area (Å²) < 4.78 is 6.00. The van der Waals surface area contributed by atoms with Crippen molar-refractivity contribution in [1.29, 1.82) is 0 Å². The molecular formula is C16H24N4O2. The molecule has 0 aromatic heterocycles. The Bertz CT molecular complexity index is 527. The first kappa shape index (κ1) is 15.1. The van der Waals surface area contributed by atoms with Gasteiger partial charge in [0.05, 0.1) is 11.4 Å². The van der Waals surface area contributed by atoms with E-state index in [1.54, 1.807) is 0 Å². The fourth-order valence-corrected chi connectivity index (χ4v) is 2.77. The van der Waals surface area contributed by atoms with Crippen LogP contribution >= 0.6 is 0 Å². The number of piperazine rings is 1. The zero-order valence-electron chi connectivity index (χ0n) is 13.1. The molecule has 1 atom stereocenters. The number of nitrogens with two attached hydrogens (primary N) is 1. The fourth-order valence-electron chi connectivity index (χ4n) is 2.77. The molecule has 0 radical (unpaired) electrons. The van der Waals surface area contributed by atoms with Crippen molar-refractivity contribution in [2.75, 3.05) is 51.3 Å². The van der Waals surface area contributed by atoms with E-state index in [0.717, 1.165) is 49.7 Å². The van der Waals surface area contributed by atoms with Crippen LogP contribution in [0, 0.1) is 0 Å². The lowest BCUT2D eigenvalue weighted by molar-refractivity contribution is 0.0472. The lowest BCUT2D eigenvalue weighted by atomic mass is 10.2. The Morgan fingerprint density at radius 1 is 1.27 bits per heavy atom. The fraction of sp³-hybridized carbons (Fsp3) is 0.562. The maximum Gasteiger partial charge on any atom is 0.166 e. The summed E-state index contributed by atoms with van der Waals surface area (Å²) in [6.45, 7) is 5.15. The normalized spacial score (nSPS) is 22.4. The van der Waals surface area contributed by atoms with Gasteiger partial charge in [-0.1, -0.05) is 17.3 Å². The molecule has 0 aliphatic carbocycles.